The van der Waals surface area contributed by atoms with Crippen molar-refractivity contribution < 1.29 is 4.74 Å². The maximum atomic E-state index is 5.55. The lowest BCUT2D eigenvalue weighted by Gasteiger charge is -2.05. The minimum atomic E-state index is 0.817. The van der Waals surface area contributed by atoms with Crippen molar-refractivity contribution >= 4 is 22.5 Å². The molecule has 14 heavy (non-hydrogen) atoms. The zero-order valence-electron chi connectivity index (χ0n) is 8.40. The van der Waals surface area contributed by atoms with Gasteiger partial charge in [0.05, 0.1) is 6.61 Å². The Bertz CT molecular complexity index is 246. The van der Waals surface area contributed by atoms with Crippen LogP contribution < -0.4 is 4.74 Å². The molecule has 0 aliphatic carbocycles. The van der Waals surface area contributed by atoms with E-state index in [4.69, 9.17) is 4.74 Å². The minimum absolute atomic E-state index is 0.817. The van der Waals surface area contributed by atoms with Crippen molar-refractivity contribution in [2.75, 3.05) is 6.61 Å². The number of hydrogen-bond acceptors (Lipinski definition) is 3. The summed E-state index contributed by atoms with van der Waals surface area (Å²) in [5.41, 5.74) is 1.29. The Labute approximate surface area is 95.0 Å². The van der Waals surface area contributed by atoms with Crippen molar-refractivity contribution in [1.29, 1.82) is 0 Å². The van der Waals surface area contributed by atoms with E-state index in [0.717, 1.165) is 24.5 Å². The molecular formula is C11H16OS2. The van der Waals surface area contributed by atoms with Crippen molar-refractivity contribution in [2.45, 2.75) is 25.5 Å². The number of ether oxygens (including phenoxy) is 1. The van der Waals surface area contributed by atoms with E-state index in [2.05, 4.69) is 30.7 Å². The first-order chi connectivity index (χ1) is 6.86. The van der Waals surface area contributed by atoms with Crippen LogP contribution in [0.5, 0.6) is 5.75 Å². The van der Waals surface area contributed by atoms with Gasteiger partial charge in [0.1, 0.15) is 5.75 Å². The van der Waals surface area contributed by atoms with Crippen LogP contribution in [0.2, 0.25) is 0 Å². The van der Waals surface area contributed by atoms with Gasteiger partial charge in [-0.1, -0.05) is 36.3 Å². The van der Waals surface area contributed by atoms with Crippen LogP contribution in [0.15, 0.2) is 24.3 Å². The van der Waals surface area contributed by atoms with Gasteiger partial charge in [0.15, 0.2) is 0 Å². The first-order valence-electron chi connectivity index (χ1n) is 4.85. The predicted octanol–water partition coefficient (Wildman–Crippen LogP) is 3.94. The molecule has 0 radical (unpaired) electrons. The third-order valence-electron chi connectivity index (χ3n) is 1.92. The summed E-state index contributed by atoms with van der Waals surface area (Å²) < 4.78 is 5.55. The van der Waals surface area contributed by atoms with Crippen LogP contribution in [0.25, 0.3) is 0 Å². The average Bonchev–Trinajstić information content (AvgIpc) is 2.21. The van der Waals surface area contributed by atoms with Gasteiger partial charge in [-0.2, -0.15) is 0 Å². The normalized spacial score (nSPS) is 10.1. The van der Waals surface area contributed by atoms with Gasteiger partial charge >= 0.3 is 0 Å². The lowest BCUT2D eigenvalue weighted by atomic mass is 10.2. The summed E-state index contributed by atoms with van der Waals surface area (Å²) in [4.78, 5) is 0. The summed E-state index contributed by atoms with van der Waals surface area (Å²) in [5, 5.41) is 0. The summed E-state index contributed by atoms with van der Waals surface area (Å²) in [7, 11) is 1.54. The van der Waals surface area contributed by atoms with Crippen molar-refractivity contribution in [1.82, 2.24) is 0 Å². The summed E-state index contributed by atoms with van der Waals surface area (Å²) in [6, 6.07) is 8.22. The molecule has 0 fully saturated rings. The molecular weight excluding hydrogens is 212 g/mol. The summed E-state index contributed by atoms with van der Waals surface area (Å²) in [6.07, 6.45) is 2.29. The average molecular weight is 228 g/mol. The Morgan fingerprint density at radius 3 is 2.57 bits per heavy atom. The van der Waals surface area contributed by atoms with Crippen LogP contribution in [-0.2, 0) is 5.75 Å². The minimum Gasteiger partial charge on any atom is -0.494 e. The maximum absolute atomic E-state index is 5.55. The van der Waals surface area contributed by atoms with Crippen LogP contribution in [-0.4, -0.2) is 6.61 Å². The summed E-state index contributed by atoms with van der Waals surface area (Å²) in [5.74, 6) is 1.91. The van der Waals surface area contributed by atoms with Crippen molar-refractivity contribution in [3.8, 4) is 5.75 Å². The Kier molecular flexibility index (Phi) is 5.96. The van der Waals surface area contributed by atoms with Gasteiger partial charge in [0.25, 0.3) is 0 Å². The fourth-order valence-electron chi connectivity index (χ4n) is 1.09. The molecule has 3 heteroatoms. The molecule has 0 atom stereocenters. The van der Waals surface area contributed by atoms with Gasteiger partial charge in [-0.05, 0) is 24.1 Å². The molecule has 0 N–H and O–H groups in total. The van der Waals surface area contributed by atoms with Gasteiger partial charge < -0.3 is 4.74 Å². The van der Waals surface area contributed by atoms with E-state index in [1.165, 1.54) is 22.8 Å². The third kappa shape index (κ3) is 4.29. The number of rotatable bonds is 6. The Morgan fingerprint density at radius 1 is 1.29 bits per heavy atom. The largest absolute Gasteiger partial charge is 0.494 e. The van der Waals surface area contributed by atoms with Crippen LogP contribution in [0.4, 0.5) is 0 Å². The molecule has 1 nitrogen and oxygen atoms in total. The van der Waals surface area contributed by atoms with Crippen LogP contribution in [0, 0.1) is 0 Å². The van der Waals surface area contributed by atoms with Crippen molar-refractivity contribution in [3.05, 3.63) is 29.8 Å². The first-order valence-corrected chi connectivity index (χ1v) is 6.88. The highest BCUT2D eigenvalue weighted by Crippen LogP contribution is 2.18. The second-order valence-electron chi connectivity index (χ2n) is 3.12. The molecule has 0 aromatic heterocycles. The zero-order valence-corrected chi connectivity index (χ0v) is 10.1. The van der Waals surface area contributed by atoms with E-state index >= 15 is 0 Å². The first kappa shape index (κ1) is 11.8. The standard InChI is InChI=1S/C11H16OS2/c1-2-3-8-12-11-6-4-10(5-7-11)9-14-13/h4-7,13H,2-3,8-9H2,1H3. The van der Waals surface area contributed by atoms with E-state index in [-0.39, 0.29) is 0 Å². The lowest BCUT2D eigenvalue weighted by Crippen LogP contribution is -1.96. The highest BCUT2D eigenvalue weighted by Gasteiger charge is 1.94. The fraction of sp³-hybridized carbons (Fsp3) is 0.455. The van der Waals surface area contributed by atoms with E-state index in [1.54, 1.807) is 0 Å². The molecule has 0 spiro atoms. The lowest BCUT2D eigenvalue weighted by molar-refractivity contribution is 0.309. The Hall–Kier alpha value is -0.280. The SMILES string of the molecule is CCCCOc1ccc(CSS)cc1. The fourth-order valence-corrected chi connectivity index (χ4v) is 1.88. The highest BCUT2D eigenvalue weighted by atomic mass is 33.1. The number of benzene rings is 1. The highest BCUT2D eigenvalue weighted by molar-refractivity contribution is 8.68. The second-order valence-corrected chi connectivity index (χ2v) is 4.44. The Morgan fingerprint density at radius 2 is 2.00 bits per heavy atom. The van der Waals surface area contributed by atoms with E-state index in [0.29, 0.717) is 0 Å². The molecule has 0 heterocycles. The van der Waals surface area contributed by atoms with E-state index in [9.17, 15) is 0 Å². The van der Waals surface area contributed by atoms with Crippen LogP contribution in [0.3, 0.4) is 0 Å². The molecule has 0 unspecified atom stereocenters. The van der Waals surface area contributed by atoms with Gasteiger partial charge in [0.2, 0.25) is 0 Å². The maximum Gasteiger partial charge on any atom is 0.119 e. The second kappa shape index (κ2) is 7.07. The number of unbranched alkanes of at least 4 members (excludes halogenated alkanes) is 1. The van der Waals surface area contributed by atoms with E-state index in [1.807, 2.05) is 12.1 Å². The van der Waals surface area contributed by atoms with Crippen molar-refractivity contribution in [2.24, 2.45) is 0 Å². The van der Waals surface area contributed by atoms with Crippen LogP contribution in [0.1, 0.15) is 25.3 Å². The molecule has 1 aromatic rings. The van der Waals surface area contributed by atoms with Gasteiger partial charge in [-0.15, -0.1) is 11.7 Å². The number of thiol groups is 1. The molecule has 0 saturated heterocycles. The predicted molar refractivity (Wildman–Crippen MR) is 67.1 cm³/mol. The molecule has 0 bridgehead atoms. The van der Waals surface area contributed by atoms with Gasteiger partial charge in [-0.25, -0.2) is 0 Å². The monoisotopic (exact) mass is 228 g/mol. The number of hydrogen-bond donors (Lipinski definition) is 1. The topological polar surface area (TPSA) is 9.23 Å². The van der Waals surface area contributed by atoms with E-state index < -0.39 is 0 Å². The zero-order chi connectivity index (χ0) is 10.2. The van der Waals surface area contributed by atoms with Gasteiger partial charge in [0, 0.05) is 5.75 Å². The Balaban J connectivity index is 2.38. The van der Waals surface area contributed by atoms with Crippen LogP contribution >= 0.6 is 22.5 Å². The summed E-state index contributed by atoms with van der Waals surface area (Å²) >= 11 is 4.11. The molecule has 1 aromatic carbocycles. The molecule has 1 rings (SSSR count). The smallest absolute Gasteiger partial charge is 0.119 e. The molecule has 0 aliphatic rings. The van der Waals surface area contributed by atoms with Gasteiger partial charge in [-0.3, -0.25) is 0 Å². The molecule has 0 aliphatic heterocycles. The molecule has 0 amide bonds. The quantitative estimate of drug-likeness (QED) is 0.448. The molecule has 0 saturated carbocycles. The molecule has 78 valence electrons. The third-order valence-corrected chi connectivity index (χ3v) is 2.77. The van der Waals surface area contributed by atoms with Crippen molar-refractivity contribution in [3.63, 3.8) is 0 Å². The summed E-state index contributed by atoms with van der Waals surface area (Å²) in [6.45, 7) is 2.98.